The summed E-state index contributed by atoms with van der Waals surface area (Å²) in [5.41, 5.74) is 3.94. The fraction of sp³-hybridized carbons (Fsp3) is 0. The van der Waals surface area contributed by atoms with Gasteiger partial charge in [-0.25, -0.2) is 0 Å². The molecule has 0 saturated heterocycles. The molecule has 1 aliphatic rings. The van der Waals surface area contributed by atoms with E-state index in [0.717, 1.165) is 0 Å². The summed E-state index contributed by atoms with van der Waals surface area (Å²) in [5, 5.41) is 0. The van der Waals surface area contributed by atoms with Gasteiger partial charge in [-0.05, 0) is 16.7 Å². The zero-order valence-corrected chi connectivity index (χ0v) is 16.4. The SMILES string of the molecule is C1=Cc2ccccc2[C]1c1ccccc1.[I][Zr][I]. The summed E-state index contributed by atoms with van der Waals surface area (Å²) in [4.78, 5) is 0. The Hall–Kier alpha value is 0.523. The third kappa shape index (κ3) is 3.76. The van der Waals surface area contributed by atoms with Crippen molar-refractivity contribution in [3.8, 4) is 0 Å². The van der Waals surface area contributed by atoms with Crippen LogP contribution in [0.15, 0.2) is 60.7 Å². The van der Waals surface area contributed by atoms with Crippen molar-refractivity contribution in [2.45, 2.75) is 0 Å². The molecule has 1 radical (unpaired) electrons. The van der Waals surface area contributed by atoms with Crippen molar-refractivity contribution in [3.05, 3.63) is 83.3 Å². The molecule has 0 aromatic heterocycles. The molecule has 0 bridgehead atoms. The zero-order chi connectivity index (χ0) is 12.8. The molecule has 3 rings (SSSR count). The third-order valence-corrected chi connectivity index (χ3v) is 2.77. The molecule has 0 atom stereocenters. The third-order valence-electron chi connectivity index (χ3n) is 2.77. The molecule has 0 aliphatic heterocycles. The Balaban J connectivity index is 0.000000367. The molecule has 2 aromatic carbocycles. The van der Waals surface area contributed by atoms with Gasteiger partial charge in [0, 0.05) is 0 Å². The number of hydrogen-bond donors (Lipinski definition) is 0. The number of allylic oxidation sites excluding steroid dienone is 1. The Labute approximate surface area is 138 Å². The minimum absolute atomic E-state index is 0.170. The number of benzene rings is 2. The van der Waals surface area contributed by atoms with Crippen LogP contribution in [0, 0.1) is 5.92 Å². The van der Waals surface area contributed by atoms with Gasteiger partial charge in [-0.1, -0.05) is 66.7 Å². The summed E-state index contributed by atoms with van der Waals surface area (Å²) >= 11 is 5.06. The van der Waals surface area contributed by atoms with E-state index in [2.05, 4.69) is 103 Å². The molecule has 0 fully saturated rings. The number of halogens is 2. The topological polar surface area (TPSA) is 0 Å². The van der Waals surface area contributed by atoms with Crippen LogP contribution < -0.4 is 0 Å². The molecule has 89 valence electrons. The van der Waals surface area contributed by atoms with Gasteiger partial charge in [0.05, 0.1) is 5.92 Å². The molecule has 0 saturated carbocycles. The molecule has 0 amide bonds. The predicted molar refractivity (Wildman–Crippen MR) is 91.4 cm³/mol. The Morgan fingerprint density at radius 1 is 0.722 bits per heavy atom. The summed E-state index contributed by atoms with van der Waals surface area (Å²) in [6, 6.07) is 19.0. The molecule has 0 spiro atoms. The van der Waals surface area contributed by atoms with Crippen molar-refractivity contribution in [1.29, 1.82) is 0 Å². The van der Waals surface area contributed by atoms with E-state index in [1.807, 2.05) is 0 Å². The van der Waals surface area contributed by atoms with Gasteiger partial charge < -0.3 is 0 Å². The van der Waals surface area contributed by atoms with E-state index in [0.29, 0.717) is 0 Å². The molecule has 1 aliphatic carbocycles. The van der Waals surface area contributed by atoms with E-state index in [1.165, 1.54) is 22.6 Å². The first kappa shape index (κ1) is 14.9. The Morgan fingerprint density at radius 2 is 1.33 bits per heavy atom. The average molecular weight is 536 g/mol. The fourth-order valence-electron chi connectivity index (χ4n) is 2.02. The van der Waals surface area contributed by atoms with E-state index < -0.39 is 0 Å². The van der Waals surface area contributed by atoms with Gasteiger partial charge in [-0.2, -0.15) is 0 Å². The van der Waals surface area contributed by atoms with Crippen LogP contribution in [0.5, 0.6) is 0 Å². The number of rotatable bonds is 1. The van der Waals surface area contributed by atoms with Gasteiger partial charge in [0.1, 0.15) is 0 Å². The standard InChI is InChI=1S/C15H11.2HI.Zr/c1-2-6-12(7-3-1)15-11-10-13-8-4-5-9-14(13)15;;;/h1-11H;2*1H;/q;;;+2/p-2. The van der Waals surface area contributed by atoms with Crippen LogP contribution in [0.2, 0.25) is 0 Å². The summed E-state index contributed by atoms with van der Waals surface area (Å²) in [5.74, 6) is 1.33. The Kier molecular flexibility index (Phi) is 6.59. The molecular formula is C15H11I2Zr. The van der Waals surface area contributed by atoms with Crippen molar-refractivity contribution in [1.82, 2.24) is 0 Å². The summed E-state index contributed by atoms with van der Waals surface area (Å²) in [7, 11) is 0. The second-order valence-electron chi connectivity index (χ2n) is 3.77. The van der Waals surface area contributed by atoms with Crippen LogP contribution in [-0.4, -0.2) is 0 Å². The monoisotopic (exact) mass is 535 g/mol. The molecule has 0 unspecified atom stereocenters. The first-order valence-electron chi connectivity index (χ1n) is 5.53. The normalized spacial score (nSPS) is 12.6. The van der Waals surface area contributed by atoms with Crippen molar-refractivity contribution in [2.75, 3.05) is 0 Å². The molecule has 0 N–H and O–H groups in total. The molecule has 0 heterocycles. The van der Waals surface area contributed by atoms with Crippen molar-refractivity contribution >= 4 is 42.2 Å². The number of hydrogen-bond acceptors (Lipinski definition) is 0. The molecule has 3 heteroatoms. The Morgan fingerprint density at radius 3 is 2.06 bits per heavy atom. The van der Waals surface area contributed by atoms with Crippen LogP contribution in [-0.2, 0) is 14.9 Å². The molecule has 2 aromatic rings. The van der Waals surface area contributed by atoms with Crippen LogP contribution in [0.4, 0.5) is 0 Å². The van der Waals surface area contributed by atoms with Gasteiger partial charge in [-0.15, -0.1) is 0 Å². The first-order chi connectivity index (χ1) is 8.86. The van der Waals surface area contributed by atoms with E-state index >= 15 is 0 Å². The van der Waals surface area contributed by atoms with Crippen molar-refractivity contribution in [3.63, 3.8) is 0 Å². The summed E-state index contributed by atoms with van der Waals surface area (Å²) < 4.78 is 0. The molecular weight excluding hydrogens is 525 g/mol. The summed E-state index contributed by atoms with van der Waals surface area (Å²) in [6.45, 7) is 0. The molecule has 0 nitrogen and oxygen atoms in total. The second kappa shape index (κ2) is 7.96. The predicted octanol–water partition coefficient (Wildman–Crippen LogP) is 5.45. The van der Waals surface area contributed by atoms with Crippen molar-refractivity contribution < 1.29 is 14.9 Å². The zero-order valence-electron chi connectivity index (χ0n) is 9.61. The quantitative estimate of drug-likeness (QED) is 0.426. The van der Waals surface area contributed by atoms with Crippen LogP contribution in [0.25, 0.3) is 6.08 Å². The van der Waals surface area contributed by atoms with E-state index in [1.54, 1.807) is 0 Å². The van der Waals surface area contributed by atoms with Crippen LogP contribution in [0.1, 0.15) is 16.7 Å². The van der Waals surface area contributed by atoms with Crippen LogP contribution >= 0.6 is 36.1 Å². The maximum atomic E-state index is 2.45. The van der Waals surface area contributed by atoms with Gasteiger partial charge in [0.15, 0.2) is 0 Å². The summed E-state index contributed by atoms with van der Waals surface area (Å²) in [6.07, 6.45) is 4.37. The van der Waals surface area contributed by atoms with Gasteiger partial charge in [0.25, 0.3) is 0 Å². The van der Waals surface area contributed by atoms with Gasteiger partial charge in [-0.3, -0.25) is 0 Å². The van der Waals surface area contributed by atoms with Crippen LogP contribution in [0.3, 0.4) is 0 Å². The van der Waals surface area contributed by atoms with E-state index in [-0.39, 0.29) is 14.9 Å². The second-order valence-corrected chi connectivity index (χ2v) is 22.7. The Bertz CT molecular complexity index is 523. The minimum atomic E-state index is 0.170. The van der Waals surface area contributed by atoms with Crippen molar-refractivity contribution in [2.24, 2.45) is 0 Å². The van der Waals surface area contributed by atoms with Gasteiger partial charge >= 0.3 is 50.9 Å². The van der Waals surface area contributed by atoms with E-state index in [9.17, 15) is 0 Å². The fourth-order valence-corrected chi connectivity index (χ4v) is 2.02. The number of fused-ring (bicyclic) bond motifs is 1. The first-order valence-corrected chi connectivity index (χ1v) is 20.1. The van der Waals surface area contributed by atoms with Gasteiger partial charge in [0.2, 0.25) is 0 Å². The maximum absolute atomic E-state index is 2.45. The average Bonchev–Trinajstić information content (AvgIpc) is 2.84. The molecule has 18 heavy (non-hydrogen) atoms. The van der Waals surface area contributed by atoms with E-state index in [4.69, 9.17) is 0 Å².